The van der Waals surface area contributed by atoms with Crippen LogP contribution in [-0.2, 0) is 4.79 Å². The molecule has 0 radical (unpaired) electrons. The minimum Gasteiger partial charge on any atom is -0.376 e. The van der Waals surface area contributed by atoms with E-state index < -0.39 is 0 Å². The maximum absolute atomic E-state index is 12.3. The first kappa shape index (κ1) is 18.3. The maximum atomic E-state index is 12.3. The number of nitrogens with one attached hydrogen (secondary N) is 2. The first-order valence-corrected chi connectivity index (χ1v) is 9.49. The summed E-state index contributed by atoms with van der Waals surface area (Å²) >= 11 is 0. The van der Waals surface area contributed by atoms with Gasteiger partial charge in [0, 0.05) is 30.2 Å². The molecule has 0 atom stereocenters. The van der Waals surface area contributed by atoms with E-state index in [0.717, 1.165) is 35.6 Å². The van der Waals surface area contributed by atoms with Crippen LogP contribution in [0.15, 0.2) is 36.4 Å². The van der Waals surface area contributed by atoms with Gasteiger partial charge in [0.05, 0.1) is 6.54 Å². The third-order valence-corrected chi connectivity index (χ3v) is 4.98. The summed E-state index contributed by atoms with van der Waals surface area (Å²) in [6, 6.07) is 12.6. The van der Waals surface area contributed by atoms with Crippen LogP contribution in [0.4, 0.5) is 17.1 Å². The van der Waals surface area contributed by atoms with Crippen molar-refractivity contribution in [2.24, 2.45) is 0 Å². The van der Waals surface area contributed by atoms with Crippen molar-refractivity contribution >= 4 is 23.0 Å². The van der Waals surface area contributed by atoms with E-state index >= 15 is 0 Å². The molecule has 3 rings (SSSR count). The fourth-order valence-corrected chi connectivity index (χ4v) is 3.69. The van der Waals surface area contributed by atoms with Gasteiger partial charge in [-0.3, -0.25) is 4.79 Å². The Labute approximate surface area is 156 Å². The number of anilines is 3. The molecule has 1 aliphatic heterocycles. The van der Waals surface area contributed by atoms with Gasteiger partial charge in [-0.1, -0.05) is 17.7 Å². The second kappa shape index (κ2) is 8.26. The van der Waals surface area contributed by atoms with E-state index in [1.54, 1.807) is 0 Å². The Hall–Kier alpha value is -2.49. The molecular weight excluding hydrogens is 322 g/mol. The average Bonchev–Trinajstić information content (AvgIpc) is 2.64. The molecule has 1 amide bonds. The van der Waals surface area contributed by atoms with E-state index in [1.807, 2.05) is 13.8 Å². The maximum Gasteiger partial charge on any atom is 0.243 e. The number of carbonyl (C=O) groups is 1. The van der Waals surface area contributed by atoms with Crippen LogP contribution in [0.1, 0.15) is 36.0 Å². The molecule has 0 aromatic heterocycles. The monoisotopic (exact) mass is 351 g/mol. The molecule has 0 bridgehead atoms. The lowest BCUT2D eigenvalue weighted by Crippen LogP contribution is -2.29. The zero-order valence-electron chi connectivity index (χ0n) is 16.1. The first-order valence-electron chi connectivity index (χ1n) is 9.49. The van der Waals surface area contributed by atoms with Crippen molar-refractivity contribution < 1.29 is 4.79 Å². The summed E-state index contributed by atoms with van der Waals surface area (Å²) in [5.41, 5.74) is 6.57. The van der Waals surface area contributed by atoms with Crippen LogP contribution in [0, 0.1) is 20.8 Å². The zero-order valence-corrected chi connectivity index (χ0v) is 16.1. The Kier molecular flexibility index (Phi) is 5.82. The van der Waals surface area contributed by atoms with Gasteiger partial charge in [0.1, 0.15) is 0 Å². The van der Waals surface area contributed by atoms with E-state index in [1.165, 1.54) is 30.5 Å². The summed E-state index contributed by atoms with van der Waals surface area (Å²) in [7, 11) is 0. The predicted octanol–water partition coefficient (Wildman–Crippen LogP) is 4.65. The molecule has 0 aliphatic carbocycles. The zero-order chi connectivity index (χ0) is 18.5. The molecule has 2 N–H and O–H groups in total. The van der Waals surface area contributed by atoms with Crippen LogP contribution >= 0.6 is 0 Å². The highest BCUT2D eigenvalue weighted by Crippen LogP contribution is 2.23. The van der Waals surface area contributed by atoms with Crippen LogP contribution in [0.2, 0.25) is 0 Å². The SMILES string of the molecule is Cc1cc(C)c(NC(=O)CNc2ccc(N3CCCCC3)cc2)c(C)c1. The van der Waals surface area contributed by atoms with E-state index in [-0.39, 0.29) is 12.5 Å². The number of rotatable bonds is 5. The first-order chi connectivity index (χ1) is 12.5. The topological polar surface area (TPSA) is 44.4 Å². The van der Waals surface area contributed by atoms with Crippen molar-refractivity contribution in [1.82, 2.24) is 0 Å². The fourth-order valence-electron chi connectivity index (χ4n) is 3.69. The van der Waals surface area contributed by atoms with Crippen LogP contribution in [0.5, 0.6) is 0 Å². The number of nitrogens with zero attached hydrogens (tertiary/aromatic N) is 1. The molecule has 0 spiro atoms. The summed E-state index contributed by atoms with van der Waals surface area (Å²) in [6.45, 7) is 8.68. The van der Waals surface area contributed by atoms with Gasteiger partial charge >= 0.3 is 0 Å². The van der Waals surface area contributed by atoms with Gasteiger partial charge in [-0.15, -0.1) is 0 Å². The van der Waals surface area contributed by atoms with E-state index in [9.17, 15) is 4.79 Å². The van der Waals surface area contributed by atoms with Crippen molar-refractivity contribution in [3.8, 4) is 0 Å². The van der Waals surface area contributed by atoms with Crippen molar-refractivity contribution in [3.05, 3.63) is 53.1 Å². The van der Waals surface area contributed by atoms with Gasteiger partial charge in [0.2, 0.25) is 5.91 Å². The molecule has 4 nitrogen and oxygen atoms in total. The van der Waals surface area contributed by atoms with Crippen molar-refractivity contribution in [1.29, 1.82) is 0 Å². The summed E-state index contributed by atoms with van der Waals surface area (Å²) < 4.78 is 0. The molecule has 1 fully saturated rings. The molecule has 2 aromatic rings. The molecule has 138 valence electrons. The smallest absolute Gasteiger partial charge is 0.243 e. The number of piperidine rings is 1. The third-order valence-electron chi connectivity index (χ3n) is 4.98. The third kappa shape index (κ3) is 4.57. The summed E-state index contributed by atoms with van der Waals surface area (Å²) in [5, 5.41) is 6.24. The molecule has 1 saturated heterocycles. The van der Waals surface area contributed by atoms with Gasteiger partial charge in [-0.2, -0.15) is 0 Å². The Morgan fingerprint density at radius 3 is 2.19 bits per heavy atom. The molecule has 4 heteroatoms. The average molecular weight is 351 g/mol. The summed E-state index contributed by atoms with van der Waals surface area (Å²) in [5.74, 6) is -0.0276. The van der Waals surface area contributed by atoms with Crippen LogP contribution < -0.4 is 15.5 Å². The molecule has 26 heavy (non-hydrogen) atoms. The van der Waals surface area contributed by atoms with Gasteiger partial charge in [-0.25, -0.2) is 0 Å². The van der Waals surface area contributed by atoms with Gasteiger partial charge in [0.25, 0.3) is 0 Å². The Balaban J connectivity index is 1.54. The highest BCUT2D eigenvalue weighted by Gasteiger charge is 2.11. The predicted molar refractivity (Wildman–Crippen MR) is 110 cm³/mol. The quantitative estimate of drug-likeness (QED) is 0.824. The Bertz CT molecular complexity index is 738. The largest absolute Gasteiger partial charge is 0.376 e. The number of aryl methyl sites for hydroxylation is 3. The Morgan fingerprint density at radius 1 is 0.962 bits per heavy atom. The lowest BCUT2D eigenvalue weighted by Gasteiger charge is -2.28. The Morgan fingerprint density at radius 2 is 1.58 bits per heavy atom. The molecular formula is C22H29N3O. The van der Waals surface area contributed by atoms with Crippen molar-refractivity contribution in [2.75, 3.05) is 35.2 Å². The molecule has 1 aliphatic rings. The van der Waals surface area contributed by atoms with Gasteiger partial charge in [-0.05, 0) is 75.4 Å². The summed E-state index contributed by atoms with van der Waals surface area (Å²) in [4.78, 5) is 14.7. The molecule has 1 heterocycles. The number of benzene rings is 2. The number of amides is 1. The molecule has 0 unspecified atom stereocenters. The van der Waals surface area contributed by atoms with E-state index in [2.05, 4.69) is 58.9 Å². The number of hydrogen-bond acceptors (Lipinski definition) is 3. The lowest BCUT2D eigenvalue weighted by atomic mass is 10.1. The lowest BCUT2D eigenvalue weighted by molar-refractivity contribution is -0.114. The van der Waals surface area contributed by atoms with Crippen LogP contribution in [-0.4, -0.2) is 25.5 Å². The minimum atomic E-state index is -0.0276. The van der Waals surface area contributed by atoms with Gasteiger partial charge in [0.15, 0.2) is 0 Å². The normalized spacial score (nSPS) is 14.2. The second-order valence-corrected chi connectivity index (χ2v) is 7.27. The number of carbonyl (C=O) groups excluding carboxylic acids is 1. The van der Waals surface area contributed by atoms with Crippen molar-refractivity contribution in [3.63, 3.8) is 0 Å². The van der Waals surface area contributed by atoms with E-state index in [4.69, 9.17) is 0 Å². The minimum absolute atomic E-state index is 0.0276. The van der Waals surface area contributed by atoms with Crippen molar-refractivity contribution in [2.45, 2.75) is 40.0 Å². The second-order valence-electron chi connectivity index (χ2n) is 7.27. The standard InChI is InChI=1S/C22H29N3O/c1-16-13-17(2)22(18(3)14-16)24-21(26)15-23-19-7-9-20(10-8-19)25-11-5-4-6-12-25/h7-10,13-14,23H,4-6,11-12,15H2,1-3H3,(H,24,26). The molecule has 2 aromatic carbocycles. The van der Waals surface area contributed by atoms with E-state index in [0.29, 0.717) is 0 Å². The van der Waals surface area contributed by atoms with Crippen LogP contribution in [0.25, 0.3) is 0 Å². The number of hydrogen-bond donors (Lipinski definition) is 2. The highest BCUT2D eigenvalue weighted by molar-refractivity contribution is 5.95. The fraction of sp³-hybridized carbons (Fsp3) is 0.409. The van der Waals surface area contributed by atoms with Crippen LogP contribution in [0.3, 0.4) is 0 Å². The highest BCUT2D eigenvalue weighted by atomic mass is 16.1. The molecule has 0 saturated carbocycles. The summed E-state index contributed by atoms with van der Waals surface area (Å²) in [6.07, 6.45) is 3.89. The van der Waals surface area contributed by atoms with Gasteiger partial charge < -0.3 is 15.5 Å².